The minimum atomic E-state index is -0.965. The molecule has 144 valence electrons. The van der Waals surface area contributed by atoms with E-state index in [0.29, 0.717) is 6.42 Å². The van der Waals surface area contributed by atoms with Crippen molar-refractivity contribution >= 4 is 11.9 Å². The van der Waals surface area contributed by atoms with Crippen LogP contribution in [-0.4, -0.2) is 35.0 Å². The summed E-state index contributed by atoms with van der Waals surface area (Å²) >= 11 is 0. The van der Waals surface area contributed by atoms with Crippen LogP contribution >= 0.6 is 0 Å². The topological polar surface area (TPSA) is 82.8 Å². The molecule has 2 N–H and O–H groups in total. The second-order valence-electron chi connectivity index (χ2n) is 6.93. The van der Waals surface area contributed by atoms with Gasteiger partial charge in [0.05, 0.1) is 12.5 Å². The second kappa shape index (κ2) is 8.86. The summed E-state index contributed by atoms with van der Waals surface area (Å²) in [5.41, 5.74) is 1.80. The molecule has 3 rings (SSSR count). The molecule has 1 saturated heterocycles. The third-order valence-corrected chi connectivity index (χ3v) is 4.92. The zero-order valence-corrected chi connectivity index (χ0v) is 15.6. The van der Waals surface area contributed by atoms with Crippen LogP contribution < -0.4 is 5.32 Å². The van der Waals surface area contributed by atoms with E-state index in [1.165, 1.54) is 12.8 Å². The predicted octanol–water partition coefficient (Wildman–Crippen LogP) is 3.38. The number of likely N-dealkylation sites (tertiary alicyclic amines) is 1. The number of nitrogens with zero attached hydrogens (tertiary/aromatic N) is 1. The first-order chi connectivity index (χ1) is 13.1. The van der Waals surface area contributed by atoms with Crippen LogP contribution in [0, 0.1) is 0 Å². The van der Waals surface area contributed by atoms with Gasteiger partial charge in [0.25, 0.3) is 5.91 Å². The van der Waals surface area contributed by atoms with Gasteiger partial charge in [0.15, 0.2) is 5.76 Å². The van der Waals surface area contributed by atoms with Gasteiger partial charge in [-0.25, -0.2) is 0 Å². The smallest absolute Gasteiger partial charge is 0.305 e. The molecule has 27 heavy (non-hydrogen) atoms. The molecule has 1 fully saturated rings. The van der Waals surface area contributed by atoms with E-state index in [2.05, 4.69) is 10.2 Å². The molecule has 1 aliphatic heterocycles. The van der Waals surface area contributed by atoms with E-state index in [4.69, 9.17) is 4.42 Å². The Balaban J connectivity index is 1.75. The molecule has 1 atom stereocenters. The maximum absolute atomic E-state index is 12.7. The number of hydrogen-bond acceptors (Lipinski definition) is 4. The van der Waals surface area contributed by atoms with Crippen LogP contribution in [0.2, 0.25) is 0 Å². The largest absolute Gasteiger partial charge is 0.481 e. The van der Waals surface area contributed by atoms with Gasteiger partial charge in [-0.15, -0.1) is 0 Å². The molecule has 0 radical (unpaired) electrons. The third-order valence-electron chi connectivity index (χ3n) is 4.92. The molecular weight excluding hydrogens is 344 g/mol. The van der Waals surface area contributed by atoms with Crippen LogP contribution in [0.5, 0.6) is 0 Å². The highest BCUT2D eigenvalue weighted by molar-refractivity contribution is 5.92. The van der Waals surface area contributed by atoms with Crippen molar-refractivity contribution in [3.8, 4) is 0 Å². The fraction of sp³-hybridized carbons (Fsp3) is 0.429. The van der Waals surface area contributed by atoms with Crippen LogP contribution in [0.4, 0.5) is 0 Å². The van der Waals surface area contributed by atoms with Gasteiger partial charge in [-0.05, 0) is 37.6 Å². The molecule has 0 spiro atoms. The third kappa shape index (κ3) is 4.98. The van der Waals surface area contributed by atoms with Crippen molar-refractivity contribution in [2.24, 2.45) is 0 Å². The highest BCUT2D eigenvalue weighted by atomic mass is 16.4. The van der Waals surface area contributed by atoms with Gasteiger partial charge >= 0.3 is 5.97 Å². The quantitative estimate of drug-likeness (QED) is 0.744. The zero-order chi connectivity index (χ0) is 19.2. The molecule has 1 aromatic heterocycles. The number of carboxylic acids is 1. The van der Waals surface area contributed by atoms with Crippen molar-refractivity contribution < 1.29 is 19.1 Å². The molecule has 1 unspecified atom stereocenters. The predicted molar refractivity (Wildman–Crippen MR) is 101 cm³/mol. The average Bonchev–Trinajstić information content (AvgIpc) is 3.31. The van der Waals surface area contributed by atoms with Crippen LogP contribution in [-0.2, 0) is 17.8 Å². The lowest BCUT2D eigenvalue weighted by molar-refractivity contribution is -0.137. The van der Waals surface area contributed by atoms with Crippen molar-refractivity contribution in [2.45, 2.75) is 45.2 Å². The highest BCUT2D eigenvalue weighted by Crippen LogP contribution is 2.22. The van der Waals surface area contributed by atoms with E-state index >= 15 is 0 Å². The van der Waals surface area contributed by atoms with E-state index in [-0.39, 0.29) is 18.1 Å². The Morgan fingerprint density at radius 3 is 2.56 bits per heavy atom. The van der Waals surface area contributed by atoms with Gasteiger partial charge in [-0.3, -0.25) is 14.5 Å². The Labute approximate surface area is 159 Å². The summed E-state index contributed by atoms with van der Waals surface area (Å²) in [4.78, 5) is 26.3. The van der Waals surface area contributed by atoms with Crippen LogP contribution in [0.1, 0.15) is 59.7 Å². The molecule has 1 aromatic carbocycles. The van der Waals surface area contributed by atoms with E-state index in [1.807, 2.05) is 37.3 Å². The van der Waals surface area contributed by atoms with Crippen molar-refractivity contribution in [1.29, 1.82) is 0 Å². The number of rotatable bonds is 8. The van der Waals surface area contributed by atoms with Crippen LogP contribution in [0.25, 0.3) is 0 Å². The van der Waals surface area contributed by atoms with Gasteiger partial charge in [-0.2, -0.15) is 0 Å². The van der Waals surface area contributed by atoms with E-state index in [9.17, 15) is 14.7 Å². The lowest BCUT2D eigenvalue weighted by Gasteiger charge is -2.16. The summed E-state index contributed by atoms with van der Waals surface area (Å²) in [6, 6.07) is 10.3. The first-order valence-electron chi connectivity index (χ1n) is 9.48. The molecule has 2 heterocycles. The summed E-state index contributed by atoms with van der Waals surface area (Å²) in [5.74, 6) is -0.283. The number of aliphatic carboxylic acids is 1. The SMILES string of the molecule is CCc1oc(C(=O)NC(CC(=O)O)c2ccccc2)cc1CN1CCCC1. The fourth-order valence-corrected chi connectivity index (χ4v) is 3.53. The lowest BCUT2D eigenvalue weighted by Crippen LogP contribution is -2.30. The zero-order valence-electron chi connectivity index (χ0n) is 15.6. The summed E-state index contributed by atoms with van der Waals surface area (Å²) in [7, 11) is 0. The molecule has 1 aliphatic rings. The minimum absolute atomic E-state index is 0.183. The molecule has 0 saturated carbocycles. The number of nitrogens with one attached hydrogen (secondary N) is 1. The Kier molecular flexibility index (Phi) is 6.29. The number of carbonyl (C=O) groups excluding carboxylic acids is 1. The second-order valence-corrected chi connectivity index (χ2v) is 6.93. The lowest BCUT2D eigenvalue weighted by atomic mass is 10.0. The van der Waals surface area contributed by atoms with Gasteiger partial charge < -0.3 is 14.8 Å². The molecule has 0 bridgehead atoms. The number of hydrogen-bond donors (Lipinski definition) is 2. The van der Waals surface area contributed by atoms with Crippen LogP contribution in [0.15, 0.2) is 40.8 Å². The molecule has 6 nitrogen and oxygen atoms in total. The Morgan fingerprint density at radius 1 is 1.22 bits per heavy atom. The van der Waals surface area contributed by atoms with Crippen LogP contribution in [0.3, 0.4) is 0 Å². The Hall–Kier alpha value is -2.60. The first kappa shape index (κ1) is 19.2. The maximum Gasteiger partial charge on any atom is 0.305 e. The van der Waals surface area contributed by atoms with Crippen molar-refractivity contribution in [1.82, 2.24) is 10.2 Å². The average molecular weight is 370 g/mol. The number of furan rings is 1. The minimum Gasteiger partial charge on any atom is -0.481 e. The van der Waals surface area contributed by atoms with Crippen molar-refractivity contribution in [3.63, 3.8) is 0 Å². The molecule has 1 amide bonds. The Morgan fingerprint density at radius 2 is 1.93 bits per heavy atom. The summed E-state index contributed by atoms with van der Waals surface area (Å²) in [6.45, 7) is 4.94. The van der Waals surface area contributed by atoms with Gasteiger partial charge in [0.1, 0.15) is 5.76 Å². The number of aryl methyl sites for hydroxylation is 1. The van der Waals surface area contributed by atoms with Gasteiger partial charge in [-0.1, -0.05) is 37.3 Å². The fourth-order valence-electron chi connectivity index (χ4n) is 3.53. The normalized spacial score (nSPS) is 15.6. The number of carboxylic acid groups (broad SMARTS) is 1. The summed E-state index contributed by atoms with van der Waals surface area (Å²) in [5, 5.41) is 12.0. The van der Waals surface area contributed by atoms with Crippen molar-refractivity contribution in [3.05, 3.63) is 59.0 Å². The highest BCUT2D eigenvalue weighted by Gasteiger charge is 2.23. The molecule has 2 aromatic rings. The van der Waals surface area contributed by atoms with E-state index in [1.54, 1.807) is 6.07 Å². The molecular formula is C21H26N2O4. The Bertz CT molecular complexity index is 779. The van der Waals surface area contributed by atoms with Crippen molar-refractivity contribution in [2.75, 3.05) is 13.1 Å². The van der Waals surface area contributed by atoms with Gasteiger partial charge in [0.2, 0.25) is 0 Å². The first-order valence-corrected chi connectivity index (χ1v) is 9.48. The van der Waals surface area contributed by atoms with Gasteiger partial charge in [0, 0.05) is 18.5 Å². The molecule has 6 heteroatoms. The maximum atomic E-state index is 12.7. The molecule has 0 aliphatic carbocycles. The number of carbonyl (C=O) groups is 2. The number of amides is 1. The standard InChI is InChI=1S/C21H26N2O4/c1-2-18-16(14-23-10-6-7-11-23)12-19(27-18)21(26)22-17(13-20(24)25)15-8-4-3-5-9-15/h3-5,8-9,12,17H,2,6-7,10-11,13-14H2,1H3,(H,22,26)(H,24,25). The monoisotopic (exact) mass is 370 g/mol. The summed E-state index contributed by atoms with van der Waals surface area (Å²) in [6.07, 6.45) is 2.95. The van der Waals surface area contributed by atoms with E-state index in [0.717, 1.165) is 36.5 Å². The number of benzene rings is 1. The summed E-state index contributed by atoms with van der Waals surface area (Å²) < 4.78 is 5.79. The van der Waals surface area contributed by atoms with E-state index < -0.39 is 12.0 Å².